The number of benzene rings is 1. The normalized spacial score (nSPS) is 10.6. The van der Waals surface area contributed by atoms with Crippen molar-refractivity contribution in [3.8, 4) is 5.75 Å². The zero-order valence-corrected chi connectivity index (χ0v) is 12.5. The Balaban J connectivity index is 2.31. The lowest BCUT2D eigenvalue weighted by molar-refractivity contribution is 0.273. The highest BCUT2D eigenvalue weighted by Gasteiger charge is 2.01. The zero-order valence-electron chi connectivity index (χ0n) is 10.9. The minimum atomic E-state index is 0.293. The van der Waals surface area contributed by atoms with E-state index in [9.17, 15) is 0 Å². The molecule has 2 N–H and O–H groups in total. The summed E-state index contributed by atoms with van der Waals surface area (Å²) in [5.41, 5.74) is 1.20. The maximum absolute atomic E-state index is 8.67. The van der Waals surface area contributed by atoms with Gasteiger partial charge in [0.2, 0.25) is 0 Å². The van der Waals surface area contributed by atoms with E-state index >= 15 is 0 Å². The first-order chi connectivity index (χ1) is 8.77. The first kappa shape index (κ1) is 15.5. The number of unbranched alkanes of at least 4 members (excludes halogenated alkanes) is 3. The van der Waals surface area contributed by atoms with Gasteiger partial charge < -0.3 is 15.2 Å². The minimum absolute atomic E-state index is 0.293. The summed E-state index contributed by atoms with van der Waals surface area (Å²) in [6, 6.07) is 6.07. The molecule has 1 aromatic carbocycles. The molecule has 0 saturated heterocycles. The van der Waals surface area contributed by atoms with Crippen molar-refractivity contribution in [2.24, 2.45) is 0 Å². The zero-order chi connectivity index (χ0) is 13.2. The van der Waals surface area contributed by atoms with Gasteiger partial charge in [-0.3, -0.25) is 0 Å². The maximum atomic E-state index is 8.67. The molecule has 0 amide bonds. The molecule has 1 rings (SSSR count). The highest BCUT2D eigenvalue weighted by Crippen LogP contribution is 2.22. The van der Waals surface area contributed by atoms with Crippen molar-refractivity contribution in [1.82, 2.24) is 5.32 Å². The van der Waals surface area contributed by atoms with Crippen LogP contribution in [0.1, 0.15) is 31.2 Å². The van der Waals surface area contributed by atoms with Gasteiger partial charge >= 0.3 is 0 Å². The van der Waals surface area contributed by atoms with Crippen LogP contribution in [-0.2, 0) is 6.54 Å². The number of aliphatic hydroxyl groups excluding tert-OH is 1. The third-order valence-electron chi connectivity index (χ3n) is 2.71. The largest absolute Gasteiger partial charge is 0.494 e. The van der Waals surface area contributed by atoms with Crippen molar-refractivity contribution in [3.63, 3.8) is 0 Å². The molecule has 0 unspecified atom stereocenters. The van der Waals surface area contributed by atoms with Crippen LogP contribution in [-0.4, -0.2) is 25.4 Å². The predicted octanol–water partition coefficient (Wildman–Crippen LogP) is 3.10. The number of aliphatic hydroxyl groups is 1. The van der Waals surface area contributed by atoms with Crippen molar-refractivity contribution in [3.05, 3.63) is 28.2 Å². The molecule has 0 aromatic heterocycles. The van der Waals surface area contributed by atoms with E-state index in [1.54, 1.807) is 0 Å². The van der Waals surface area contributed by atoms with Crippen molar-refractivity contribution in [2.75, 3.05) is 20.3 Å². The van der Waals surface area contributed by atoms with Crippen LogP contribution in [0.15, 0.2) is 22.7 Å². The Kier molecular flexibility index (Phi) is 8.05. The number of hydrogen-bond donors (Lipinski definition) is 2. The Morgan fingerprint density at radius 1 is 1.22 bits per heavy atom. The molecule has 0 spiro atoms. The Hall–Kier alpha value is -0.580. The molecule has 0 atom stereocenters. The molecule has 0 fully saturated rings. The van der Waals surface area contributed by atoms with Gasteiger partial charge in [-0.05, 0) is 50.1 Å². The van der Waals surface area contributed by atoms with Gasteiger partial charge in [-0.1, -0.05) is 22.4 Å². The second kappa shape index (κ2) is 9.36. The summed E-state index contributed by atoms with van der Waals surface area (Å²) < 4.78 is 6.82. The molecule has 0 aliphatic rings. The molecular weight excluding hydrogens is 294 g/mol. The highest BCUT2D eigenvalue weighted by atomic mass is 79.9. The molecule has 0 saturated carbocycles. The van der Waals surface area contributed by atoms with Gasteiger partial charge in [-0.15, -0.1) is 0 Å². The number of hydrogen-bond acceptors (Lipinski definition) is 3. The van der Waals surface area contributed by atoms with Gasteiger partial charge in [0.15, 0.2) is 0 Å². The van der Waals surface area contributed by atoms with Gasteiger partial charge in [0, 0.05) is 17.6 Å². The second-order valence-corrected chi connectivity index (χ2v) is 5.12. The molecule has 0 aliphatic heterocycles. The van der Waals surface area contributed by atoms with Crippen LogP contribution in [0.3, 0.4) is 0 Å². The van der Waals surface area contributed by atoms with E-state index < -0.39 is 0 Å². The summed E-state index contributed by atoms with van der Waals surface area (Å²) in [6.45, 7) is 1.86. The molecule has 3 nitrogen and oxygen atoms in total. The van der Waals surface area contributed by atoms with Crippen LogP contribution < -0.4 is 10.1 Å². The Morgan fingerprint density at radius 2 is 2.00 bits per heavy atom. The van der Waals surface area contributed by atoms with Crippen LogP contribution in [0.25, 0.3) is 0 Å². The molecule has 1 aromatic rings. The number of halogens is 1. The monoisotopic (exact) mass is 315 g/mol. The molecule has 0 bridgehead atoms. The third kappa shape index (κ3) is 5.85. The maximum Gasteiger partial charge on any atom is 0.119 e. The van der Waals surface area contributed by atoms with Gasteiger partial charge in [-0.25, -0.2) is 0 Å². The summed E-state index contributed by atoms with van der Waals surface area (Å²) in [4.78, 5) is 0. The van der Waals surface area contributed by atoms with Crippen LogP contribution in [0.2, 0.25) is 0 Å². The topological polar surface area (TPSA) is 41.5 Å². The van der Waals surface area contributed by atoms with Gasteiger partial charge in [0.05, 0.1) is 6.61 Å². The average Bonchev–Trinajstić information content (AvgIpc) is 2.37. The summed E-state index contributed by atoms with van der Waals surface area (Å²) in [5, 5.41) is 11.8. The fourth-order valence-electron chi connectivity index (χ4n) is 1.72. The Morgan fingerprint density at radius 3 is 2.72 bits per heavy atom. The predicted molar refractivity (Wildman–Crippen MR) is 78.0 cm³/mol. The fourth-order valence-corrected chi connectivity index (χ4v) is 2.11. The molecule has 4 heteroatoms. The van der Waals surface area contributed by atoms with Crippen molar-refractivity contribution in [2.45, 2.75) is 32.2 Å². The van der Waals surface area contributed by atoms with Crippen LogP contribution in [0.4, 0.5) is 0 Å². The van der Waals surface area contributed by atoms with E-state index in [0.717, 1.165) is 49.1 Å². The third-order valence-corrected chi connectivity index (χ3v) is 3.48. The smallest absolute Gasteiger partial charge is 0.119 e. The summed E-state index contributed by atoms with van der Waals surface area (Å²) in [7, 11) is 1.93. The number of nitrogens with one attached hydrogen (secondary N) is 1. The summed E-state index contributed by atoms with van der Waals surface area (Å²) in [5.74, 6) is 0.922. The Labute approximate surface area is 118 Å². The molecule has 0 aliphatic carbocycles. The van der Waals surface area contributed by atoms with Crippen molar-refractivity contribution < 1.29 is 9.84 Å². The number of rotatable bonds is 9. The lowest BCUT2D eigenvalue weighted by Crippen LogP contribution is -2.06. The van der Waals surface area contributed by atoms with E-state index in [0.29, 0.717) is 6.61 Å². The molecular formula is C14H22BrNO2. The van der Waals surface area contributed by atoms with Crippen molar-refractivity contribution in [1.29, 1.82) is 0 Å². The van der Waals surface area contributed by atoms with Gasteiger partial charge in [0.25, 0.3) is 0 Å². The summed E-state index contributed by atoms with van der Waals surface area (Å²) >= 11 is 3.52. The van der Waals surface area contributed by atoms with E-state index in [2.05, 4.69) is 27.3 Å². The molecule has 102 valence electrons. The van der Waals surface area contributed by atoms with E-state index in [1.165, 1.54) is 5.56 Å². The molecule has 18 heavy (non-hydrogen) atoms. The number of ether oxygens (including phenoxy) is 1. The SMILES string of the molecule is CNCc1cc(OCCCCCCO)ccc1Br. The van der Waals surface area contributed by atoms with E-state index in [-0.39, 0.29) is 0 Å². The minimum Gasteiger partial charge on any atom is -0.494 e. The van der Waals surface area contributed by atoms with E-state index in [4.69, 9.17) is 9.84 Å². The quantitative estimate of drug-likeness (QED) is 0.688. The standard InChI is InChI=1S/C14H22BrNO2/c1-16-11-12-10-13(6-7-14(12)15)18-9-5-3-2-4-8-17/h6-7,10,16-17H,2-5,8-9,11H2,1H3. The lowest BCUT2D eigenvalue weighted by Gasteiger charge is -2.09. The van der Waals surface area contributed by atoms with Crippen LogP contribution in [0, 0.1) is 0 Å². The average molecular weight is 316 g/mol. The second-order valence-electron chi connectivity index (χ2n) is 4.27. The molecule has 0 heterocycles. The fraction of sp³-hybridized carbons (Fsp3) is 0.571. The van der Waals surface area contributed by atoms with Gasteiger partial charge in [0.1, 0.15) is 5.75 Å². The first-order valence-electron chi connectivity index (χ1n) is 6.44. The van der Waals surface area contributed by atoms with E-state index in [1.807, 2.05) is 19.2 Å². The van der Waals surface area contributed by atoms with Crippen molar-refractivity contribution >= 4 is 15.9 Å². The Bertz CT molecular complexity index is 345. The van der Waals surface area contributed by atoms with Gasteiger partial charge in [-0.2, -0.15) is 0 Å². The summed E-state index contributed by atoms with van der Waals surface area (Å²) in [6.07, 6.45) is 4.12. The van der Waals surface area contributed by atoms with Crippen LogP contribution in [0.5, 0.6) is 5.75 Å². The first-order valence-corrected chi connectivity index (χ1v) is 7.24. The molecule has 0 radical (unpaired) electrons. The lowest BCUT2D eigenvalue weighted by atomic mass is 10.2. The van der Waals surface area contributed by atoms with Crippen LogP contribution >= 0.6 is 15.9 Å². The highest BCUT2D eigenvalue weighted by molar-refractivity contribution is 9.10.